The molecule has 17 heavy (non-hydrogen) atoms. The number of hydrogen-bond donors (Lipinski definition) is 1. The third-order valence-electron chi connectivity index (χ3n) is 2.91. The summed E-state index contributed by atoms with van der Waals surface area (Å²) in [6.45, 7) is 8.09. The van der Waals surface area contributed by atoms with E-state index in [1.54, 1.807) is 0 Å². The van der Waals surface area contributed by atoms with Gasteiger partial charge in [-0.1, -0.05) is 6.92 Å². The summed E-state index contributed by atoms with van der Waals surface area (Å²) in [5.41, 5.74) is 2.29. The minimum Gasteiger partial charge on any atom is -0.313 e. The van der Waals surface area contributed by atoms with E-state index < -0.39 is 0 Å². The first-order valence-electron chi connectivity index (χ1n) is 6.28. The fourth-order valence-electron chi connectivity index (χ4n) is 1.91. The Hall–Kier alpha value is -1.34. The second-order valence-electron chi connectivity index (χ2n) is 4.43. The van der Waals surface area contributed by atoms with Crippen LogP contribution in [-0.4, -0.2) is 22.4 Å². The summed E-state index contributed by atoms with van der Waals surface area (Å²) in [5, 5.41) is 16.5. The molecule has 4 nitrogen and oxygen atoms in total. The van der Waals surface area contributed by atoms with Gasteiger partial charge in [-0.15, -0.1) is 0 Å². The lowest BCUT2D eigenvalue weighted by Crippen LogP contribution is -2.29. The third-order valence-corrected chi connectivity index (χ3v) is 2.91. The van der Waals surface area contributed by atoms with E-state index in [-0.39, 0.29) is 0 Å². The van der Waals surface area contributed by atoms with E-state index in [0.717, 1.165) is 31.6 Å². The Labute approximate surface area is 104 Å². The van der Waals surface area contributed by atoms with Gasteiger partial charge < -0.3 is 5.32 Å². The smallest absolute Gasteiger partial charge is 0.0638 e. The van der Waals surface area contributed by atoms with Crippen molar-refractivity contribution in [2.45, 2.75) is 52.6 Å². The largest absolute Gasteiger partial charge is 0.313 e. The zero-order valence-electron chi connectivity index (χ0n) is 11.0. The zero-order chi connectivity index (χ0) is 12.7. The van der Waals surface area contributed by atoms with E-state index in [1.165, 1.54) is 5.69 Å². The molecule has 0 saturated heterocycles. The number of aromatic nitrogens is 2. The Kier molecular flexibility index (Phi) is 5.71. The molecule has 94 valence electrons. The van der Waals surface area contributed by atoms with Crippen molar-refractivity contribution in [2.75, 3.05) is 6.54 Å². The van der Waals surface area contributed by atoms with Crippen molar-refractivity contribution in [3.63, 3.8) is 0 Å². The van der Waals surface area contributed by atoms with Gasteiger partial charge in [-0.05, 0) is 39.3 Å². The lowest BCUT2D eigenvalue weighted by Gasteiger charge is -2.13. The lowest BCUT2D eigenvalue weighted by molar-refractivity contribution is 0.468. The summed E-state index contributed by atoms with van der Waals surface area (Å²) in [5.74, 6) is 0. The minimum absolute atomic E-state index is 0.334. The number of nitrogens with zero attached hydrogens (tertiary/aromatic N) is 3. The number of hydrogen-bond acceptors (Lipinski definition) is 3. The van der Waals surface area contributed by atoms with Gasteiger partial charge in [-0.3, -0.25) is 4.68 Å². The van der Waals surface area contributed by atoms with Crippen molar-refractivity contribution in [1.29, 1.82) is 5.26 Å². The van der Waals surface area contributed by atoms with Crippen molar-refractivity contribution < 1.29 is 0 Å². The van der Waals surface area contributed by atoms with Crippen LogP contribution in [0.5, 0.6) is 0 Å². The standard InChI is InChI=1S/C13H22N4/c1-4-13(6-7-14)15-8-5-9-17-12(3)10-11(2)16-17/h10,13,15H,4-6,8-9H2,1-3H3. The van der Waals surface area contributed by atoms with Crippen LogP contribution in [0.25, 0.3) is 0 Å². The molecule has 0 spiro atoms. The molecule has 0 aliphatic carbocycles. The van der Waals surface area contributed by atoms with E-state index in [0.29, 0.717) is 12.5 Å². The summed E-state index contributed by atoms with van der Waals surface area (Å²) in [4.78, 5) is 0. The van der Waals surface area contributed by atoms with Gasteiger partial charge in [-0.25, -0.2) is 0 Å². The van der Waals surface area contributed by atoms with Gasteiger partial charge in [0.15, 0.2) is 0 Å². The summed E-state index contributed by atoms with van der Waals surface area (Å²) < 4.78 is 2.04. The normalized spacial score (nSPS) is 12.4. The number of aryl methyl sites for hydroxylation is 3. The number of nitriles is 1. The van der Waals surface area contributed by atoms with Crippen molar-refractivity contribution in [3.8, 4) is 6.07 Å². The average molecular weight is 234 g/mol. The fourth-order valence-corrected chi connectivity index (χ4v) is 1.91. The molecule has 1 heterocycles. The molecule has 1 aromatic heterocycles. The Morgan fingerprint density at radius 2 is 2.29 bits per heavy atom. The van der Waals surface area contributed by atoms with Gasteiger partial charge in [0.1, 0.15) is 0 Å². The molecule has 0 amide bonds. The molecule has 0 aliphatic heterocycles. The fraction of sp³-hybridized carbons (Fsp3) is 0.692. The Morgan fingerprint density at radius 1 is 1.53 bits per heavy atom. The highest BCUT2D eigenvalue weighted by atomic mass is 15.3. The van der Waals surface area contributed by atoms with Crippen LogP contribution in [0.3, 0.4) is 0 Å². The molecule has 0 fully saturated rings. The lowest BCUT2D eigenvalue weighted by atomic mass is 10.1. The quantitative estimate of drug-likeness (QED) is 0.736. The van der Waals surface area contributed by atoms with Crippen molar-refractivity contribution in [3.05, 3.63) is 17.5 Å². The molecule has 0 bridgehead atoms. The maximum Gasteiger partial charge on any atom is 0.0638 e. The SMILES string of the molecule is CCC(CC#N)NCCCn1nc(C)cc1C. The molecular weight excluding hydrogens is 212 g/mol. The van der Waals surface area contributed by atoms with Gasteiger partial charge in [0.05, 0.1) is 18.2 Å². The predicted molar refractivity (Wildman–Crippen MR) is 68.6 cm³/mol. The van der Waals surface area contributed by atoms with Crippen molar-refractivity contribution >= 4 is 0 Å². The molecule has 0 saturated carbocycles. The highest BCUT2D eigenvalue weighted by Gasteiger charge is 2.04. The molecule has 1 N–H and O–H groups in total. The summed E-state index contributed by atoms with van der Waals surface area (Å²) in [7, 11) is 0. The van der Waals surface area contributed by atoms with Crippen LogP contribution in [-0.2, 0) is 6.54 Å². The number of rotatable bonds is 7. The second kappa shape index (κ2) is 7.08. The molecular formula is C13H22N4. The van der Waals surface area contributed by atoms with E-state index in [1.807, 2.05) is 11.6 Å². The van der Waals surface area contributed by atoms with Crippen LogP contribution < -0.4 is 5.32 Å². The van der Waals surface area contributed by atoms with Crippen LogP contribution in [0.15, 0.2) is 6.07 Å². The van der Waals surface area contributed by atoms with E-state index >= 15 is 0 Å². The van der Waals surface area contributed by atoms with Crippen molar-refractivity contribution in [2.24, 2.45) is 0 Å². The first kappa shape index (κ1) is 13.7. The van der Waals surface area contributed by atoms with Crippen LogP contribution in [0.1, 0.15) is 37.6 Å². The Bertz CT molecular complexity index is 375. The Morgan fingerprint density at radius 3 is 2.82 bits per heavy atom. The maximum atomic E-state index is 8.64. The second-order valence-corrected chi connectivity index (χ2v) is 4.43. The minimum atomic E-state index is 0.334. The zero-order valence-corrected chi connectivity index (χ0v) is 11.0. The van der Waals surface area contributed by atoms with Crippen LogP contribution in [0, 0.1) is 25.2 Å². The predicted octanol–water partition coefficient (Wildman–Crippen LogP) is 2.17. The van der Waals surface area contributed by atoms with Gasteiger partial charge >= 0.3 is 0 Å². The molecule has 0 aromatic carbocycles. The molecule has 1 rings (SSSR count). The molecule has 0 aliphatic rings. The summed E-state index contributed by atoms with van der Waals surface area (Å²) >= 11 is 0. The van der Waals surface area contributed by atoms with Gasteiger partial charge in [0, 0.05) is 18.3 Å². The molecule has 4 heteroatoms. The van der Waals surface area contributed by atoms with Gasteiger partial charge in [-0.2, -0.15) is 10.4 Å². The highest BCUT2D eigenvalue weighted by Crippen LogP contribution is 2.02. The molecule has 1 unspecified atom stereocenters. The molecule has 1 aromatic rings. The van der Waals surface area contributed by atoms with Crippen molar-refractivity contribution in [1.82, 2.24) is 15.1 Å². The molecule has 0 radical (unpaired) electrons. The van der Waals surface area contributed by atoms with Gasteiger partial charge in [0.2, 0.25) is 0 Å². The van der Waals surface area contributed by atoms with Gasteiger partial charge in [0.25, 0.3) is 0 Å². The molecule has 1 atom stereocenters. The highest BCUT2D eigenvalue weighted by molar-refractivity contribution is 5.06. The first-order valence-corrected chi connectivity index (χ1v) is 6.28. The van der Waals surface area contributed by atoms with Crippen LogP contribution in [0.4, 0.5) is 0 Å². The maximum absolute atomic E-state index is 8.64. The average Bonchev–Trinajstić information content (AvgIpc) is 2.62. The number of nitrogens with one attached hydrogen (secondary N) is 1. The van der Waals surface area contributed by atoms with E-state index in [2.05, 4.69) is 36.4 Å². The van der Waals surface area contributed by atoms with E-state index in [4.69, 9.17) is 5.26 Å². The van der Waals surface area contributed by atoms with Crippen LogP contribution >= 0.6 is 0 Å². The summed E-state index contributed by atoms with van der Waals surface area (Å²) in [6, 6.07) is 4.64. The first-order chi connectivity index (χ1) is 8.17. The Balaban J connectivity index is 2.24. The third kappa shape index (κ3) is 4.58. The van der Waals surface area contributed by atoms with E-state index in [9.17, 15) is 0 Å². The topological polar surface area (TPSA) is 53.6 Å². The summed E-state index contributed by atoms with van der Waals surface area (Å²) in [6.07, 6.45) is 2.65. The monoisotopic (exact) mass is 234 g/mol. The van der Waals surface area contributed by atoms with Crippen LogP contribution in [0.2, 0.25) is 0 Å².